The quantitative estimate of drug-likeness (QED) is 0.648. The molecule has 1 aromatic heterocycles. The molecular weight excluding hydrogens is 387 g/mol. The predicted octanol–water partition coefficient (Wildman–Crippen LogP) is 4.99. The highest BCUT2D eigenvalue weighted by Gasteiger charge is 2.30. The van der Waals surface area contributed by atoms with Crippen LogP contribution in [0.15, 0.2) is 53.6 Å². The molecule has 142 valence electrons. The number of hydrogen-bond donors (Lipinski definition) is 2. The van der Waals surface area contributed by atoms with E-state index in [1.807, 2.05) is 0 Å². The zero-order chi connectivity index (χ0) is 19.8. The van der Waals surface area contributed by atoms with E-state index in [-0.39, 0.29) is 24.0 Å². The molecule has 0 saturated carbocycles. The van der Waals surface area contributed by atoms with Crippen molar-refractivity contribution in [1.82, 2.24) is 9.88 Å². The first-order chi connectivity index (χ1) is 13.4. The molecule has 0 atom stereocenters. The molecule has 0 fully saturated rings. The van der Waals surface area contributed by atoms with Crippen molar-refractivity contribution in [3.05, 3.63) is 81.6 Å². The Balaban J connectivity index is 1.56. The van der Waals surface area contributed by atoms with Gasteiger partial charge in [-0.25, -0.2) is 18.2 Å². The summed E-state index contributed by atoms with van der Waals surface area (Å²) in [6, 6.07) is 9.46. The third-order valence-corrected chi connectivity index (χ3v) is 5.26. The second-order valence-corrected chi connectivity index (χ2v) is 7.18. The van der Waals surface area contributed by atoms with Crippen LogP contribution in [0.2, 0.25) is 0 Å². The smallest absolute Gasteiger partial charge is 0.159 e. The van der Waals surface area contributed by atoms with Crippen LogP contribution in [0, 0.1) is 22.9 Å². The largest absolute Gasteiger partial charge is 0.510 e. The fraction of sp³-hybridized carbons (Fsp3) is 0.100. The highest BCUT2D eigenvalue weighted by molar-refractivity contribution is 7.11. The van der Waals surface area contributed by atoms with E-state index in [9.17, 15) is 18.3 Å². The van der Waals surface area contributed by atoms with Crippen LogP contribution >= 0.6 is 11.3 Å². The Bertz CT molecular complexity index is 1090. The van der Waals surface area contributed by atoms with Gasteiger partial charge in [-0.2, -0.15) is 0 Å². The Hall–Kier alpha value is -3.13. The topological polar surface area (TPSA) is 60.2 Å². The molecule has 2 heterocycles. The Morgan fingerprint density at radius 2 is 1.82 bits per heavy atom. The summed E-state index contributed by atoms with van der Waals surface area (Å²) in [6.07, 6.45) is 0. The molecule has 0 aliphatic carbocycles. The van der Waals surface area contributed by atoms with Crippen LogP contribution in [-0.4, -0.2) is 27.4 Å². The Morgan fingerprint density at radius 1 is 1.07 bits per heavy atom. The molecule has 4 nitrogen and oxygen atoms in total. The number of aliphatic hydroxyl groups is 1. The fourth-order valence-electron chi connectivity index (χ4n) is 2.98. The second-order valence-electron chi connectivity index (χ2n) is 6.32. The lowest BCUT2D eigenvalue weighted by molar-refractivity contribution is 0.347. The van der Waals surface area contributed by atoms with Crippen LogP contribution in [0.3, 0.4) is 0 Å². The lowest BCUT2D eigenvalue weighted by Gasteiger charge is -2.18. The highest BCUT2D eigenvalue weighted by atomic mass is 32.1. The summed E-state index contributed by atoms with van der Waals surface area (Å²) >= 11 is 1.21. The molecule has 0 unspecified atom stereocenters. The van der Waals surface area contributed by atoms with E-state index in [0.717, 1.165) is 17.7 Å². The number of nitrogens with one attached hydrogen (secondary N) is 1. The van der Waals surface area contributed by atoms with Crippen molar-refractivity contribution in [3.8, 4) is 11.3 Å². The van der Waals surface area contributed by atoms with E-state index in [1.165, 1.54) is 29.5 Å². The van der Waals surface area contributed by atoms with Crippen LogP contribution in [-0.2, 0) is 6.54 Å². The fourth-order valence-corrected chi connectivity index (χ4v) is 3.88. The number of benzene rings is 2. The van der Waals surface area contributed by atoms with Crippen molar-refractivity contribution in [2.75, 3.05) is 6.54 Å². The molecule has 28 heavy (non-hydrogen) atoms. The minimum atomic E-state index is -0.965. The molecule has 0 radical (unpaired) electrons. The summed E-state index contributed by atoms with van der Waals surface area (Å²) in [7, 11) is 0. The van der Waals surface area contributed by atoms with Crippen LogP contribution in [0.4, 0.5) is 13.2 Å². The minimum absolute atomic E-state index is 0.0123. The molecular formula is C20H14F3N3OS. The van der Waals surface area contributed by atoms with Gasteiger partial charge in [-0.1, -0.05) is 12.1 Å². The monoisotopic (exact) mass is 401 g/mol. The normalized spacial score (nSPS) is 14.2. The third-order valence-electron chi connectivity index (χ3n) is 4.40. The van der Waals surface area contributed by atoms with Crippen molar-refractivity contribution in [2.45, 2.75) is 6.54 Å². The number of aromatic nitrogens is 1. The average molecular weight is 401 g/mol. The van der Waals surface area contributed by atoms with Crippen LogP contribution < -0.4 is 0 Å². The molecule has 1 aliphatic heterocycles. The standard InChI is InChI=1S/C20H14F3N3OS/c21-13-4-1-11(2-5-13)8-26-9-17(27)18(19(26)24)20-25-16(10-28-20)12-3-6-14(22)15(23)7-12/h1-7,10,24,27H,8-9H2. The Morgan fingerprint density at radius 3 is 2.54 bits per heavy atom. The van der Waals surface area contributed by atoms with Crippen molar-refractivity contribution < 1.29 is 18.3 Å². The van der Waals surface area contributed by atoms with Gasteiger partial charge in [0, 0.05) is 17.5 Å². The van der Waals surface area contributed by atoms with E-state index in [0.29, 0.717) is 28.4 Å². The molecule has 0 amide bonds. The number of thiazole rings is 1. The van der Waals surface area contributed by atoms with Crippen LogP contribution in [0.25, 0.3) is 16.8 Å². The first-order valence-electron chi connectivity index (χ1n) is 8.34. The number of halogens is 3. The van der Waals surface area contributed by atoms with Crippen molar-refractivity contribution in [3.63, 3.8) is 0 Å². The summed E-state index contributed by atoms with van der Waals surface area (Å²) in [5.41, 5.74) is 1.96. The zero-order valence-corrected chi connectivity index (χ0v) is 15.2. The van der Waals surface area contributed by atoms with Gasteiger partial charge in [0.25, 0.3) is 0 Å². The van der Waals surface area contributed by atoms with Crippen molar-refractivity contribution >= 4 is 22.7 Å². The number of hydrogen-bond acceptors (Lipinski definition) is 4. The molecule has 8 heteroatoms. The van der Waals surface area contributed by atoms with Gasteiger partial charge in [-0.05, 0) is 35.9 Å². The molecule has 3 aromatic rings. The zero-order valence-electron chi connectivity index (χ0n) is 14.4. The third kappa shape index (κ3) is 3.38. The maximum Gasteiger partial charge on any atom is 0.159 e. The average Bonchev–Trinajstić information content (AvgIpc) is 3.24. The van der Waals surface area contributed by atoms with Crippen LogP contribution in [0.5, 0.6) is 0 Å². The van der Waals surface area contributed by atoms with E-state index < -0.39 is 11.6 Å². The van der Waals surface area contributed by atoms with E-state index in [1.54, 1.807) is 22.4 Å². The molecule has 2 aromatic carbocycles. The maximum absolute atomic E-state index is 13.5. The Kier molecular flexibility index (Phi) is 4.64. The van der Waals surface area contributed by atoms with E-state index in [4.69, 9.17) is 5.41 Å². The maximum atomic E-state index is 13.5. The SMILES string of the molecule is N=C1C(c2nc(-c3ccc(F)c(F)c3)cs2)=C(O)CN1Cc1ccc(F)cc1. The molecule has 0 bridgehead atoms. The summed E-state index contributed by atoms with van der Waals surface area (Å²) in [5, 5.41) is 20.8. The van der Waals surface area contributed by atoms with Gasteiger partial charge >= 0.3 is 0 Å². The first kappa shape index (κ1) is 18.2. The number of amidine groups is 1. The second kappa shape index (κ2) is 7.12. The lowest BCUT2D eigenvalue weighted by atomic mass is 10.1. The van der Waals surface area contributed by atoms with Gasteiger partial charge in [0.2, 0.25) is 0 Å². The van der Waals surface area contributed by atoms with Gasteiger partial charge < -0.3 is 10.0 Å². The summed E-state index contributed by atoms with van der Waals surface area (Å²) in [6.45, 7) is 0.486. The number of nitrogens with zero attached hydrogens (tertiary/aromatic N) is 2. The predicted molar refractivity (Wildman–Crippen MR) is 102 cm³/mol. The lowest BCUT2D eigenvalue weighted by Crippen LogP contribution is -2.26. The van der Waals surface area contributed by atoms with E-state index in [2.05, 4.69) is 4.98 Å². The Labute approximate surface area is 162 Å². The van der Waals surface area contributed by atoms with Gasteiger partial charge in [-0.3, -0.25) is 5.41 Å². The number of aliphatic hydroxyl groups excluding tert-OH is 1. The van der Waals surface area contributed by atoms with Gasteiger partial charge in [-0.15, -0.1) is 11.3 Å². The molecule has 4 rings (SSSR count). The number of rotatable bonds is 4. The van der Waals surface area contributed by atoms with Gasteiger partial charge in [0.05, 0.1) is 17.8 Å². The van der Waals surface area contributed by atoms with Crippen molar-refractivity contribution in [2.24, 2.45) is 0 Å². The summed E-state index contributed by atoms with van der Waals surface area (Å²) in [4.78, 5) is 6.03. The summed E-state index contributed by atoms with van der Waals surface area (Å²) < 4.78 is 39.6. The molecule has 2 N–H and O–H groups in total. The van der Waals surface area contributed by atoms with Gasteiger partial charge in [0.15, 0.2) is 11.6 Å². The molecule has 1 aliphatic rings. The highest BCUT2D eigenvalue weighted by Crippen LogP contribution is 2.33. The minimum Gasteiger partial charge on any atom is -0.510 e. The van der Waals surface area contributed by atoms with Gasteiger partial charge in [0.1, 0.15) is 22.4 Å². The first-order valence-corrected chi connectivity index (χ1v) is 9.22. The van der Waals surface area contributed by atoms with Crippen LogP contribution in [0.1, 0.15) is 10.6 Å². The summed E-state index contributed by atoms with van der Waals surface area (Å²) in [5.74, 6) is -2.12. The van der Waals surface area contributed by atoms with Crippen molar-refractivity contribution in [1.29, 1.82) is 5.41 Å². The van der Waals surface area contributed by atoms with E-state index >= 15 is 0 Å². The molecule has 0 spiro atoms. The molecule has 0 saturated heterocycles.